The Morgan fingerprint density at radius 3 is 2.34 bits per heavy atom. The summed E-state index contributed by atoms with van der Waals surface area (Å²) in [4.78, 5) is 5.08. The monoisotopic (exact) mass is 430 g/mol. The maximum absolute atomic E-state index is 13.1. The van der Waals surface area contributed by atoms with Crippen molar-refractivity contribution in [3.05, 3.63) is 52.6 Å². The van der Waals surface area contributed by atoms with Gasteiger partial charge in [-0.1, -0.05) is 35.6 Å². The molecule has 0 radical (unpaired) electrons. The molecule has 0 atom stereocenters. The van der Waals surface area contributed by atoms with Crippen LogP contribution in [-0.4, -0.2) is 36.9 Å². The van der Waals surface area contributed by atoms with Crippen molar-refractivity contribution in [3.8, 4) is 5.19 Å². The van der Waals surface area contributed by atoms with Gasteiger partial charge in [0.05, 0.1) is 15.1 Å². The lowest BCUT2D eigenvalue weighted by Crippen LogP contribution is -2.41. The molecule has 3 aromatic rings. The van der Waals surface area contributed by atoms with Crippen molar-refractivity contribution in [2.45, 2.75) is 51.5 Å². The molecule has 0 bridgehead atoms. The number of ether oxygens (including phenoxy) is 1. The fourth-order valence-corrected chi connectivity index (χ4v) is 6.55. The number of aryl methyl sites for hydroxylation is 4. The van der Waals surface area contributed by atoms with Crippen LogP contribution in [0.5, 0.6) is 5.19 Å². The van der Waals surface area contributed by atoms with Crippen LogP contribution in [0.15, 0.2) is 35.2 Å². The Kier molecular flexibility index (Phi) is 5.40. The first kappa shape index (κ1) is 20.3. The van der Waals surface area contributed by atoms with Gasteiger partial charge in [-0.25, -0.2) is 13.4 Å². The molecule has 0 spiro atoms. The SMILES string of the molecule is Cc1ccc(C)c(S(=O)(=O)N2CCC(Oc3nc4c(C)ccc(C)c4s3)CC2)c1. The van der Waals surface area contributed by atoms with Crippen LogP contribution in [0.25, 0.3) is 10.2 Å². The van der Waals surface area contributed by atoms with Gasteiger partial charge < -0.3 is 4.74 Å². The number of aromatic nitrogens is 1. The van der Waals surface area contributed by atoms with E-state index in [9.17, 15) is 8.42 Å². The average molecular weight is 431 g/mol. The Morgan fingerprint density at radius 2 is 1.66 bits per heavy atom. The topological polar surface area (TPSA) is 59.5 Å². The summed E-state index contributed by atoms with van der Waals surface area (Å²) >= 11 is 1.57. The molecular formula is C22H26N2O3S2. The van der Waals surface area contributed by atoms with E-state index < -0.39 is 10.0 Å². The van der Waals surface area contributed by atoms with Crippen LogP contribution < -0.4 is 4.74 Å². The van der Waals surface area contributed by atoms with E-state index in [0.29, 0.717) is 36.0 Å². The van der Waals surface area contributed by atoms with Crippen molar-refractivity contribution < 1.29 is 13.2 Å². The fourth-order valence-electron chi connectivity index (χ4n) is 3.75. The lowest BCUT2D eigenvalue weighted by Gasteiger charge is -2.31. The summed E-state index contributed by atoms with van der Waals surface area (Å²) < 4.78 is 35.1. The van der Waals surface area contributed by atoms with Gasteiger partial charge in [0, 0.05) is 13.1 Å². The number of piperidine rings is 1. The van der Waals surface area contributed by atoms with Crippen molar-refractivity contribution in [1.82, 2.24) is 9.29 Å². The van der Waals surface area contributed by atoms with Crippen LogP contribution in [0.4, 0.5) is 0 Å². The first-order valence-corrected chi connectivity index (χ1v) is 12.1. The van der Waals surface area contributed by atoms with Gasteiger partial charge >= 0.3 is 0 Å². The molecule has 1 aliphatic rings. The third-order valence-electron chi connectivity index (χ3n) is 5.55. The van der Waals surface area contributed by atoms with Crippen LogP contribution in [0.3, 0.4) is 0 Å². The normalized spacial score (nSPS) is 16.4. The van der Waals surface area contributed by atoms with Crippen LogP contribution in [0, 0.1) is 27.7 Å². The van der Waals surface area contributed by atoms with E-state index in [1.165, 1.54) is 5.56 Å². The molecule has 0 saturated carbocycles. The van der Waals surface area contributed by atoms with Gasteiger partial charge in [0.25, 0.3) is 5.19 Å². The van der Waals surface area contributed by atoms with Crippen molar-refractivity contribution in [2.24, 2.45) is 0 Å². The smallest absolute Gasteiger partial charge is 0.274 e. The Morgan fingerprint density at radius 1 is 1.00 bits per heavy atom. The Labute approximate surface area is 176 Å². The van der Waals surface area contributed by atoms with Gasteiger partial charge in [-0.05, 0) is 68.9 Å². The summed E-state index contributed by atoms with van der Waals surface area (Å²) in [6, 6.07) is 9.76. The maximum atomic E-state index is 13.1. The molecule has 5 nitrogen and oxygen atoms in total. The zero-order chi connectivity index (χ0) is 20.8. The molecule has 0 amide bonds. The molecule has 154 valence electrons. The molecule has 0 aliphatic carbocycles. The minimum absolute atomic E-state index is 0.0127. The third-order valence-corrected chi connectivity index (χ3v) is 8.67. The van der Waals surface area contributed by atoms with E-state index in [2.05, 4.69) is 31.0 Å². The summed E-state index contributed by atoms with van der Waals surface area (Å²) in [6.07, 6.45) is 1.32. The fraction of sp³-hybridized carbons (Fsp3) is 0.409. The summed E-state index contributed by atoms with van der Waals surface area (Å²) in [5.41, 5.74) is 5.08. The van der Waals surface area contributed by atoms with Gasteiger partial charge in [0.2, 0.25) is 10.0 Å². The van der Waals surface area contributed by atoms with E-state index in [4.69, 9.17) is 4.74 Å². The summed E-state index contributed by atoms with van der Waals surface area (Å²) in [7, 11) is -3.48. The largest absolute Gasteiger partial charge is 0.467 e. The first-order valence-electron chi connectivity index (χ1n) is 9.86. The zero-order valence-corrected chi connectivity index (χ0v) is 18.9. The molecule has 4 rings (SSSR count). The Hall–Kier alpha value is -1.96. The number of hydrogen-bond acceptors (Lipinski definition) is 5. The van der Waals surface area contributed by atoms with Crippen LogP contribution in [-0.2, 0) is 10.0 Å². The molecular weight excluding hydrogens is 404 g/mol. The molecule has 1 saturated heterocycles. The third kappa shape index (κ3) is 3.91. The van der Waals surface area contributed by atoms with Crippen molar-refractivity contribution >= 4 is 31.6 Å². The number of nitrogens with zero attached hydrogens (tertiary/aromatic N) is 2. The highest BCUT2D eigenvalue weighted by Crippen LogP contribution is 2.34. The van der Waals surface area contributed by atoms with Crippen molar-refractivity contribution in [2.75, 3.05) is 13.1 Å². The van der Waals surface area contributed by atoms with E-state index in [1.807, 2.05) is 26.0 Å². The molecule has 1 aromatic heterocycles. The molecule has 1 aliphatic heterocycles. The van der Waals surface area contributed by atoms with E-state index in [-0.39, 0.29) is 6.10 Å². The number of fused-ring (bicyclic) bond motifs is 1. The van der Waals surface area contributed by atoms with Gasteiger partial charge in [0.1, 0.15) is 6.10 Å². The molecule has 0 N–H and O–H groups in total. The molecule has 2 heterocycles. The molecule has 7 heteroatoms. The molecule has 1 fully saturated rings. The summed E-state index contributed by atoms with van der Waals surface area (Å²) in [5.74, 6) is 0. The quantitative estimate of drug-likeness (QED) is 0.599. The summed E-state index contributed by atoms with van der Waals surface area (Å²) in [5, 5.41) is 0.674. The predicted octanol–water partition coefficient (Wildman–Crippen LogP) is 4.76. The molecule has 29 heavy (non-hydrogen) atoms. The number of benzene rings is 2. The van der Waals surface area contributed by atoms with E-state index >= 15 is 0 Å². The van der Waals surface area contributed by atoms with Gasteiger partial charge in [-0.2, -0.15) is 4.31 Å². The minimum Gasteiger partial charge on any atom is -0.467 e. The highest BCUT2D eigenvalue weighted by Gasteiger charge is 2.31. The Bertz CT molecular complexity index is 1120. The molecule has 2 aromatic carbocycles. The number of hydrogen-bond donors (Lipinski definition) is 0. The van der Waals surface area contributed by atoms with Crippen LogP contribution in [0.1, 0.15) is 35.1 Å². The second kappa shape index (κ2) is 7.70. The van der Waals surface area contributed by atoms with Crippen molar-refractivity contribution in [3.63, 3.8) is 0 Å². The van der Waals surface area contributed by atoms with Gasteiger partial charge in [-0.15, -0.1) is 0 Å². The standard InChI is InChI=1S/C22H26N2O3S2/c1-14-5-6-15(2)19(13-14)29(25,26)24-11-9-18(10-12-24)27-22-23-20-16(3)7-8-17(4)21(20)28-22/h5-8,13,18H,9-12H2,1-4H3. The lowest BCUT2D eigenvalue weighted by molar-refractivity contribution is 0.135. The Balaban J connectivity index is 1.46. The number of sulfonamides is 1. The predicted molar refractivity (Wildman–Crippen MR) is 117 cm³/mol. The number of rotatable bonds is 4. The van der Waals surface area contributed by atoms with E-state index in [0.717, 1.165) is 26.9 Å². The second-order valence-corrected chi connectivity index (χ2v) is 10.7. The van der Waals surface area contributed by atoms with Gasteiger partial charge in [-0.3, -0.25) is 0 Å². The maximum Gasteiger partial charge on any atom is 0.274 e. The highest BCUT2D eigenvalue weighted by atomic mass is 32.2. The summed E-state index contributed by atoms with van der Waals surface area (Å²) in [6.45, 7) is 8.83. The number of thiazole rings is 1. The zero-order valence-electron chi connectivity index (χ0n) is 17.2. The highest BCUT2D eigenvalue weighted by molar-refractivity contribution is 7.89. The molecule has 0 unspecified atom stereocenters. The first-order chi connectivity index (χ1) is 13.8. The van der Waals surface area contributed by atoms with Gasteiger partial charge in [0.15, 0.2) is 0 Å². The average Bonchev–Trinajstić information content (AvgIpc) is 3.12. The van der Waals surface area contributed by atoms with Crippen LogP contribution >= 0.6 is 11.3 Å². The minimum atomic E-state index is -3.48. The lowest BCUT2D eigenvalue weighted by atomic mass is 10.1. The van der Waals surface area contributed by atoms with E-state index in [1.54, 1.807) is 21.7 Å². The van der Waals surface area contributed by atoms with Crippen LogP contribution in [0.2, 0.25) is 0 Å². The second-order valence-electron chi connectivity index (χ2n) is 7.85. The van der Waals surface area contributed by atoms with Crippen molar-refractivity contribution in [1.29, 1.82) is 0 Å².